The van der Waals surface area contributed by atoms with E-state index >= 15 is 0 Å². The summed E-state index contributed by atoms with van der Waals surface area (Å²) in [7, 11) is 1.93. The van der Waals surface area contributed by atoms with Gasteiger partial charge in [0.05, 0.1) is 6.26 Å². The zero-order valence-corrected chi connectivity index (χ0v) is 13.2. The van der Waals surface area contributed by atoms with E-state index in [9.17, 15) is 4.79 Å². The minimum Gasteiger partial charge on any atom is -0.464 e. The molecule has 0 N–H and O–H groups in total. The molecule has 23 heavy (non-hydrogen) atoms. The van der Waals surface area contributed by atoms with E-state index in [0.29, 0.717) is 0 Å². The van der Waals surface area contributed by atoms with Crippen molar-refractivity contribution in [1.29, 1.82) is 0 Å². The maximum absolute atomic E-state index is 11.4. The molecule has 3 heterocycles. The maximum Gasteiger partial charge on any atom is 0.170 e. The van der Waals surface area contributed by atoms with E-state index in [4.69, 9.17) is 4.42 Å². The molecule has 1 aliphatic heterocycles. The van der Waals surface area contributed by atoms with Gasteiger partial charge >= 0.3 is 0 Å². The van der Waals surface area contributed by atoms with Gasteiger partial charge in [-0.15, -0.1) is 0 Å². The molecule has 0 amide bonds. The second-order valence-electron chi connectivity index (χ2n) is 5.19. The number of nitrogens with zero attached hydrogens (tertiary/aromatic N) is 3. The predicted molar refractivity (Wildman–Crippen MR) is 91.0 cm³/mol. The Balaban J connectivity index is 1.72. The van der Waals surface area contributed by atoms with Gasteiger partial charge in [-0.2, -0.15) is 0 Å². The number of rotatable bonds is 2. The van der Waals surface area contributed by atoms with Crippen LogP contribution in [0, 0.1) is 0 Å². The first-order chi connectivity index (χ1) is 11.3. The molecular formula is C17H13N3O2S. The van der Waals surface area contributed by atoms with Crippen molar-refractivity contribution in [2.45, 2.75) is 11.1 Å². The van der Waals surface area contributed by atoms with E-state index in [0.717, 1.165) is 38.7 Å². The molecule has 0 radical (unpaired) electrons. The molecule has 6 heteroatoms. The van der Waals surface area contributed by atoms with Crippen LogP contribution in [0.1, 0.15) is 11.6 Å². The van der Waals surface area contributed by atoms with Crippen LogP contribution in [0.5, 0.6) is 0 Å². The maximum atomic E-state index is 11.4. The minimum absolute atomic E-state index is 0.505. The quantitative estimate of drug-likeness (QED) is 0.674. The van der Waals surface area contributed by atoms with E-state index in [1.165, 1.54) is 11.8 Å². The van der Waals surface area contributed by atoms with Crippen LogP contribution < -0.4 is 4.90 Å². The Morgan fingerprint density at radius 1 is 1.30 bits per heavy atom. The molecule has 0 aliphatic carbocycles. The first-order valence-corrected chi connectivity index (χ1v) is 7.95. The molecule has 5 nitrogen and oxygen atoms in total. The molecule has 1 aliphatic rings. The Hall–Kier alpha value is -2.60. The largest absolute Gasteiger partial charge is 0.464 e. The zero-order chi connectivity index (χ0) is 15.8. The second kappa shape index (κ2) is 5.55. The number of thioether (sulfide) groups is 1. The van der Waals surface area contributed by atoms with Gasteiger partial charge < -0.3 is 14.1 Å². The molecule has 1 aromatic carbocycles. The molecule has 1 atom stereocenters. The molecule has 0 saturated carbocycles. The van der Waals surface area contributed by atoms with Gasteiger partial charge in [-0.25, -0.2) is 9.98 Å². The summed E-state index contributed by atoms with van der Waals surface area (Å²) in [5.74, 6) is 0. The van der Waals surface area contributed by atoms with Crippen molar-refractivity contribution in [2.24, 2.45) is 4.99 Å². The Morgan fingerprint density at radius 3 is 3.09 bits per heavy atom. The van der Waals surface area contributed by atoms with E-state index in [1.54, 1.807) is 12.5 Å². The van der Waals surface area contributed by atoms with Crippen molar-refractivity contribution >= 4 is 39.9 Å². The highest BCUT2D eigenvalue weighted by Crippen LogP contribution is 2.35. The van der Waals surface area contributed by atoms with Gasteiger partial charge in [0.25, 0.3) is 0 Å². The van der Waals surface area contributed by atoms with Gasteiger partial charge in [-0.3, -0.25) is 0 Å². The van der Waals surface area contributed by atoms with Gasteiger partial charge in [0.15, 0.2) is 5.17 Å². The highest BCUT2D eigenvalue weighted by molar-refractivity contribution is 8.14. The number of aldehydes is 1. The Kier molecular flexibility index (Phi) is 3.38. The third-order valence-corrected chi connectivity index (χ3v) is 4.89. The molecular weight excluding hydrogens is 310 g/mol. The number of aliphatic imine (C=N–C) groups is 1. The molecule has 4 rings (SSSR count). The number of hydrogen-bond acceptors (Lipinski definition) is 6. The van der Waals surface area contributed by atoms with Crippen LogP contribution >= 0.6 is 11.8 Å². The lowest BCUT2D eigenvalue weighted by Gasteiger charge is -2.26. The van der Waals surface area contributed by atoms with E-state index in [-0.39, 0.29) is 0 Å². The van der Waals surface area contributed by atoms with Crippen molar-refractivity contribution in [3.05, 3.63) is 54.4 Å². The number of fused-ring (bicyclic) bond motifs is 2. The van der Waals surface area contributed by atoms with E-state index in [2.05, 4.69) is 9.98 Å². The van der Waals surface area contributed by atoms with Gasteiger partial charge in [-0.05, 0) is 42.1 Å². The third kappa shape index (κ3) is 2.41. The molecule has 0 fully saturated rings. The third-order valence-electron chi connectivity index (χ3n) is 3.80. The first-order valence-electron chi connectivity index (χ1n) is 7.13. The fraction of sp³-hybridized carbons (Fsp3) is 0.118. The molecule has 0 spiro atoms. The lowest BCUT2D eigenvalue weighted by Crippen LogP contribution is -2.27. The van der Waals surface area contributed by atoms with Crippen molar-refractivity contribution in [1.82, 2.24) is 4.98 Å². The number of carbonyl (C=O) groups excluding carboxylic acids is 1. The number of amidine groups is 1. The highest BCUT2D eigenvalue weighted by atomic mass is 32.2. The van der Waals surface area contributed by atoms with Gasteiger partial charge in [0, 0.05) is 29.9 Å². The smallest absolute Gasteiger partial charge is 0.170 e. The molecule has 0 saturated heterocycles. The molecule has 2 aromatic heterocycles. The number of benzene rings is 1. The average Bonchev–Trinajstić information content (AvgIpc) is 3.07. The lowest BCUT2D eigenvalue weighted by atomic mass is 10.1. The fourth-order valence-corrected chi connectivity index (χ4v) is 3.55. The molecule has 114 valence electrons. The monoisotopic (exact) mass is 323 g/mol. The van der Waals surface area contributed by atoms with Crippen LogP contribution in [-0.4, -0.2) is 23.5 Å². The Morgan fingerprint density at radius 2 is 2.22 bits per heavy atom. The summed E-state index contributed by atoms with van der Waals surface area (Å²) in [5.41, 5.74) is 2.68. The average molecular weight is 323 g/mol. The highest BCUT2D eigenvalue weighted by Gasteiger charge is 2.25. The van der Waals surface area contributed by atoms with E-state index < -0.39 is 6.04 Å². The van der Waals surface area contributed by atoms with Crippen LogP contribution in [-0.2, 0) is 4.79 Å². The van der Waals surface area contributed by atoms with Crippen molar-refractivity contribution < 1.29 is 9.21 Å². The van der Waals surface area contributed by atoms with Crippen LogP contribution in [0.4, 0.5) is 5.69 Å². The standard InChI is InChI=1S/C17H13N3O2S/c1-20(12-4-5-15-11(9-12)6-8-22-15)17-19-14(10-21)13-3-2-7-18-16(13)23-17/h2-10,14H,1H3. The number of furan rings is 1. The van der Waals surface area contributed by atoms with Crippen LogP contribution in [0.2, 0.25) is 0 Å². The summed E-state index contributed by atoms with van der Waals surface area (Å²) in [6.45, 7) is 0. The van der Waals surface area contributed by atoms with Crippen LogP contribution in [0.15, 0.2) is 63.3 Å². The Labute approximate surface area is 137 Å². The number of carbonyl (C=O) groups is 1. The van der Waals surface area contributed by atoms with E-state index in [1.807, 2.05) is 48.3 Å². The van der Waals surface area contributed by atoms with Crippen molar-refractivity contribution in [3.8, 4) is 0 Å². The molecule has 1 unspecified atom stereocenters. The van der Waals surface area contributed by atoms with Gasteiger partial charge in [0.1, 0.15) is 22.9 Å². The van der Waals surface area contributed by atoms with Crippen molar-refractivity contribution in [2.75, 3.05) is 11.9 Å². The summed E-state index contributed by atoms with van der Waals surface area (Å²) < 4.78 is 5.37. The normalized spacial score (nSPS) is 16.7. The SMILES string of the molecule is CN(C1=NC(C=O)c2cccnc2S1)c1ccc2occc2c1. The lowest BCUT2D eigenvalue weighted by molar-refractivity contribution is -0.109. The van der Waals surface area contributed by atoms with Gasteiger partial charge in [0.2, 0.25) is 0 Å². The summed E-state index contributed by atoms with van der Waals surface area (Å²) in [4.78, 5) is 22.3. The first kappa shape index (κ1) is 14.0. The number of hydrogen-bond donors (Lipinski definition) is 0. The number of aromatic nitrogens is 1. The predicted octanol–water partition coefficient (Wildman–Crippen LogP) is 3.67. The number of anilines is 1. The molecule has 0 bridgehead atoms. The van der Waals surface area contributed by atoms with Crippen LogP contribution in [0.3, 0.4) is 0 Å². The Bertz CT molecular complexity index is 919. The van der Waals surface area contributed by atoms with Crippen molar-refractivity contribution in [3.63, 3.8) is 0 Å². The zero-order valence-electron chi connectivity index (χ0n) is 12.3. The summed E-state index contributed by atoms with van der Waals surface area (Å²) in [6, 6.07) is 11.1. The number of pyridine rings is 1. The fourth-order valence-electron chi connectivity index (χ4n) is 2.55. The summed E-state index contributed by atoms with van der Waals surface area (Å²) in [6.07, 6.45) is 4.26. The second-order valence-corrected chi connectivity index (χ2v) is 6.15. The minimum atomic E-state index is -0.505. The molecule has 3 aromatic rings. The summed E-state index contributed by atoms with van der Waals surface area (Å²) in [5, 5.41) is 2.60. The topological polar surface area (TPSA) is 58.7 Å². The van der Waals surface area contributed by atoms with Crippen LogP contribution in [0.25, 0.3) is 11.0 Å². The summed E-state index contributed by atoms with van der Waals surface area (Å²) >= 11 is 1.47. The van der Waals surface area contributed by atoms with Gasteiger partial charge in [-0.1, -0.05) is 6.07 Å².